The maximum atomic E-state index is 2.60. The smallest absolute Gasteiger partial charge is 0.0736 e. The summed E-state index contributed by atoms with van der Waals surface area (Å²) in [5.41, 5.74) is 20.6. The maximum absolute atomic E-state index is 2.60. The van der Waals surface area contributed by atoms with Crippen LogP contribution < -0.4 is 4.90 Å². The fourth-order valence-corrected chi connectivity index (χ4v) is 16.8. The molecule has 0 amide bonds. The number of fused-ring (bicyclic) bond motifs is 21. The highest BCUT2D eigenvalue weighted by Crippen LogP contribution is 2.67. The van der Waals surface area contributed by atoms with E-state index in [0.717, 1.165) is 17.1 Å². The van der Waals surface area contributed by atoms with Crippen molar-refractivity contribution in [3.8, 4) is 33.4 Å². The van der Waals surface area contributed by atoms with Crippen LogP contribution in [0.15, 0.2) is 268 Å². The summed E-state index contributed by atoms with van der Waals surface area (Å²) in [5.74, 6) is 0. The minimum Gasteiger partial charge on any atom is -0.309 e. The Bertz CT molecular complexity index is 3970. The van der Waals surface area contributed by atoms with Gasteiger partial charge in [0.2, 0.25) is 0 Å². The molecule has 16 rings (SSSR count). The molecule has 72 heavy (non-hydrogen) atoms. The van der Waals surface area contributed by atoms with E-state index in [-0.39, 0.29) is 0 Å². The van der Waals surface area contributed by atoms with E-state index < -0.39 is 10.8 Å². The van der Waals surface area contributed by atoms with Crippen LogP contribution in [-0.2, 0) is 10.8 Å². The van der Waals surface area contributed by atoms with Crippen molar-refractivity contribution >= 4 is 72.1 Å². The average Bonchev–Trinajstić information content (AvgIpc) is 4.08. The monoisotopic (exact) mass is 967 g/mol. The van der Waals surface area contributed by atoms with Crippen molar-refractivity contribution in [1.29, 1.82) is 0 Å². The molecule has 4 heteroatoms. The maximum Gasteiger partial charge on any atom is 0.0736 e. The molecule has 1 aromatic heterocycles. The van der Waals surface area contributed by atoms with Crippen LogP contribution in [0.5, 0.6) is 0 Å². The quantitative estimate of drug-likeness (QED) is 0.173. The molecule has 0 fully saturated rings. The molecule has 0 atom stereocenters. The van der Waals surface area contributed by atoms with E-state index in [1.54, 1.807) is 0 Å². The molecule has 12 aromatic rings. The van der Waals surface area contributed by atoms with Crippen molar-refractivity contribution < 1.29 is 0 Å². The molecule has 0 bridgehead atoms. The third-order valence-electron chi connectivity index (χ3n) is 16.0. The fraction of sp³-hybridized carbons (Fsp3) is 0.0294. The van der Waals surface area contributed by atoms with Gasteiger partial charge in [-0.15, -0.1) is 11.3 Å². The summed E-state index contributed by atoms with van der Waals surface area (Å²) >= 11 is 5.66. The van der Waals surface area contributed by atoms with E-state index in [4.69, 9.17) is 0 Å². The van der Waals surface area contributed by atoms with Gasteiger partial charge in [0.15, 0.2) is 0 Å². The second-order valence-electron chi connectivity index (χ2n) is 19.4. The van der Waals surface area contributed by atoms with Crippen LogP contribution in [0.25, 0.3) is 53.6 Å². The molecule has 0 saturated carbocycles. The summed E-state index contributed by atoms with van der Waals surface area (Å²) in [4.78, 5) is 7.82. The van der Waals surface area contributed by atoms with Crippen LogP contribution in [0.3, 0.4) is 0 Å². The normalized spacial score (nSPS) is 14.5. The van der Waals surface area contributed by atoms with E-state index in [0.29, 0.717) is 0 Å². The lowest BCUT2D eigenvalue weighted by Crippen LogP contribution is -2.32. The number of hydrogen-bond donors (Lipinski definition) is 0. The summed E-state index contributed by atoms with van der Waals surface area (Å²) in [6.07, 6.45) is 0. The summed E-state index contributed by atoms with van der Waals surface area (Å²) in [7, 11) is 0. The molecule has 0 saturated heterocycles. The van der Waals surface area contributed by atoms with Gasteiger partial charge in [-0.3, -0.25) is 0 Å². The second kappa shape index (κ2) is 15.3. The van der Waals surface area contributed by atoms with E-state index >= 15 is 0 Å². The molecule has 336 valence electrons. The minimum atomic E-state index is -0.510. The standard InChI is InChI=1S/C68H41NS3/c1-4-20-49-47(18-1)65-55(67(49)51-22-6-11-31-60(51)71-61-32-12-7-23-52(61)67)26-15-28-57(65)69(44-38-35-42(36-39-44)43-37-40-46-45-17-3-10-30-59(45)70-64(46)41-43)58-29-16-27-56-66(58)48-19-2-5-21-50(48)68(56)53-24-8-13-33-62(53)72-63-34-14-9-25-54(63)68/h1-41H. The van der Waals surface area contributed by atoms with Crippen molar-refractivity contribution in [3.05, 3.63) is 293 Å². The Morgan fingerprint density at radius 1 is 0.292 bits per heavy atom. The third kappa shape index (κ3) is 5.36. The van der Waals surface area contributed by atoms with Gasteiger partial charge >= 0.3 is 0 Å². The summed E-state index contributed by atoms with van der Waals surface area (Å²) in [6, 6.07) is 94.3. The molecular weight excluding hydrogens is 927 g/mol. The largest absolute Gasteiger partial charge is 0.309 e. The summed E-state index contributed by atoms with van der Waals surface area (Å²) in [6.45, 7) is 0. The molecule has 0 unspecified atom stereocenters. The number of hydrogen-bond acceptors (Lipinski definition) is 4. The average molecular weight is 968 g/mol. The number of thiophene rings is 1. The fourth-order valence-electron chi connectivity index (χ4n) is 13.3. The second-order valence-corrected chi connectivity index (χ2v) is 22.6. The summed E-state index contributed by atoms with van der Waals surface area (Å²) < 4.78 is 2.64. The van der Waals surface area contributed by atoms with Crippen molar-refractivity contribution in [2.75, 3.05) is 4.90 Å². The van der Waals surface area contributed by atoms with Gasteiger partial charge in [0.25, 0.3) is 0 Å². The Morgan fingerprint density at radius 3 is 1.21 bits per heavy atom. The zero-order valence-corrected chi connectivity index (χ0v) is 41.3. The predicted molar refractivity (Wildman–Crippen MR) is 302 cm³/mol. The molecule has 1 nitrogen and oxygen atoms in total. The Hall–Kier alpha value is -7.86. The minimum absolute atomic E-state index is 0.510. The molecule has 3 heterocycles. The highest BCUT2D eigenvalue weighted by atomic mass is 32.2. The lowest BCUT2D eigenvalue weighted by atomic mass is 9.67. The van der Waals surface area contributed by atoms with E-state index in [2.05, 4.69) is 254 Å². The van der Waals surface area contributed by atoms with Crippen LogP contribution in [0, 0.1) is 0 Å². The van der Waals surface area contributed by atoms with Crippen molar-refractivity contribution in [3.63, 3.8) is 0 Å². The molecule has 4 aliphatic rings. The third-order valence-corrected chi connectivity index (χ3v) is 19.5. The zero-order valence-electron chi connectivity index (χ0n) is 38.8. The molecule has 2 aliphatic heterocycles. The van der Waals surface area contributed by atoms with Crippen molar-refractivity contribution in [2.24, 2.45) is 0 Å². The molecular formula is C68H41NS3. The Kier molecular flexibility index (Phi) is 8.69. The van der Waals surface area contributed by atoms with Crippen LogP contribution in [0.1, 0.15) is 44.5 Å². The van der Waals surface area contributed by atoms with Crippen LogP contribution in [-0.4, -0.2) is 0 Å². The van der Waals surface area contributed by atoms with Gasteiger partial charge in [0, 0.05) is 56.6 Å². The Balaban J connectivity index is 0.980. The van der Waals surface area contributed by atoms with Crippen molar-refractivity contribution in [1.82, 2.24) is 0 Å². The molecule has 2 aliphatic carbocycles. The lowest BCUT2D eigenvalue weighted by molar-refractivity contribution is 0.722. The zero-order chi connectivity index (χ0) is 47.1. The Labute approximate surface area is 431 Å². The van der Waals surface area contributed by atoms with Crippen molar-refractivity contribution in [2.45, 2.75) is 30.4 Å². The molecule has 11 aromatic carbocycles. The first-order chi connectivity index (χ1) is 35.7. The van der Waals surface area contributed by atoms with Gasteiger partial charge < -0.3 is 4.90 Å². The topological polar surface area (TPSA) is 3.24 Å². The number of anilines is 3. The van der Waals surface area contributed by atoms with Gasteiger partial charge in [-0.05, 0) is 127 Å². The van der Waals surface area contributed by atoms with Crippen LogP contribution >= 0.6 is 34.9 Å². The van der Waals surface area contributed by atoms with Crippen LogP contribution in [0.4, 0.5) is 17.1 Å². The van der Waals surface area contributed by atoms with E-state index in [9.17, 15) is 0 Å². The Morgan fingerprint density at radius 2 is 0.694 bits per heavy atom. The summed E-state index contributed by atoms with van der Waals surface area (Å²) in [5, 5.41) is 2.64. The van der Waals surface area contributed by atoms with Gasteiger partial charge in [-0.25, -0.2) is 0 Å². The first-order valence-corrected chi connectivity index (χ1v) is 27.2. The number of benzene rings is 11. The van der Waals surface area contributed by atoms with E-state index in [1.807, 2.05) is 34.9 Å². The van der Waals surface area contributed by atoms with Crippen LogP contribution in [0.2, 0.25) is 0 Å². The highest BCUT2D eigenvalue weighted by molar-refractivity contribution is 7.99. The van der Waals surface area contributed by atoms with Gasteiger partial charge in [-0.2, -0.15) is 0 Å². The SMILES string of the molecule is c1ccc2c(c1)Sc1ccccc1C21c2ccccc2-c2c(N(c3ccc(-c4ccc5c(c4)sc4ccccc45)cc3)c3cccc4c3-c3ccccc3C43c4ccccc4Sc4ccccc43)cccc21. The number of nitrogens with zero attached hydrogens (tertiary/aromatic N) is 1. The van der Waals surface area contributed by atoms with Gasteiger partial charge in [0.1, 0.15) is 0 Å². The lowest BCUT2D eigenvalue weighted by Gasteiger charge is -2.40. The van der Waals surface area contributed by atoms with E-state index in [1.165, 1.54) is 118 Å². The molecule has 0 N–H and O–H groups in total. The first kappa shape index (κ1) is 40.8. The highest BCUT2D eigenvalue weighted by Gasteiger charge is 2.53. The molecule has 0 radical (unpaired) electrons. The van der Waals surface area contributed by atoms with Gasteiger partial charge in [0.05, 0.1) is 22.2 Å². The molecule has 2 spiro atoms. The predicted octanol–water partition coefficient (Wildman–Crippen LogP) is 18.8. The van der Waals surface area contributed by atoms with Gasteiger partial charge in [-0.1, -0.05) is 212 Å². The number of rotatable bonds is 4. The first-order valence-electron chi connectivity index (χ1n) is 24.7.